The van der Waals surface area contributed by atoms with Crippen LogP contribution in [0.25, 0.3) is 10.4 Å². The summed E-state index contributed by atoms with van der Waals surface area (Å²) in [6.45, 7) is 0. The number of nitrogens with two attached hydrogens (primary N) is 1. The minimum absolute atomic E-state index is 0.237. The quantitative estimate of drug-likeness (QED) is 0.868. The molecule has 17 heavy (non-hydrogen) atoms. The van der Waals surface area contributed by atoms with E-state index in [-0.39, 0.29) is 6.04 Å². The number of hydrogen-bond acceptors (Lipinski definition) is 2. The molecule has 0 radical (unpaired) electrons. The molecule has 1 atom stereocenters. The lowest BCUT2D eigenvalue weighted by Gasteiger charge is -2.06. The standard InChI is InChI=1S/C14H14ClNS/c15-11-5-3-9(4-6-11)12-7-8-13(17-12)14(16)10-1-2-10/h3-8,10,14H,1-2,16H2. The molecule has 3 rings (SSSR count). The second kappa shape index (κ2) is 4.45. The summed E-state index contributed by atoms with van der Waals surface area (Å²) < 4.78 is 0. The average molecular weight is 264 g/mol. The lowest BCUT2D eigenvalue weighted by Crippen LogP contribution is -2.10. The number of rotatable bonds is 3. The van der Waals surface area contributed by atoms with Gasteiger partial charge in [0.25, 0.3) is 0 Å². The van der Waals surface area contributed by atoms with Crippen molar-refractivity contribution in [3.8, 4) is 10.4 Å². The fourth-order valence-corrected chi connectivity index (χ4v) is 3.22. The van der Waals surface area contributed by atoms with Crippen LogP contribution in [0.1, 0.15) is 23.8 Å². The third-order valence-electron chi connectivity index (χ3n) is 3.21. The summed E-state index contributed by atoms with van der Waals surface area (Å²) in [6, 6.07) is 12.5. The lowest BCUT2D eigenvalue weighted by molar-refractivity contribution is 0.645. The van der Waals surface area contributed by atoms with Crippen LogP contribution in [0.15, 0.2) is 36.4 Å². The summed E-state index contributed by atoms with van der Waals surface area (Å²) in [4.78, 5) is 2.57. The molecule has 2 N–H and O–H groups in total. The van der Waals surface area contributed by atoms with Crippen molar-refractivity contribution in [2.24, 2.45) is 11.7 Å². The van der Waals surface area contributed by atoms with E-state index in [1.807, 2.05) is 12.1 Å². The molecule has 3 heteroatoms. The molecule has 1 heterocycles. The topological polar surface area (TPSA) is 26.0 Å². The van der Waals surface area contributed by atoms with Crippen LogP contribution in [0, 0.1) is 5.92 Å². The summed E-state index contributed by atoms with van der Waals surface area (Å²) in [5, 5.41) is 0.778. The van der Waals surface area contributed by atoms with Gasteiger partial charge in [-0.05, 0) is 48.6 Å². The molecule has 0 amide bonds. The van der Waals surface area contributed by atoms with Crippen LogP contribution in [-0.2, 0) is 0 Å². The summed E-state index contributed by atoms with van der Waals surface area (Å²) >= 11 is 7.69. The van der Waals surface area contributed by atoms with E-state index in [0.29, 0.717) is 5.92 Å². The Morgan fingerprint density at radius 3 is 2.47 bits per heavy atom. The van der Waals surface area contributed by atoms with Gasteiger partial charge < -0.3 is 5.73 Å². The van der Waals surface area contributed by atoms with Gasteiger partial charge in [-0.25, -0.2) is 0 Å². The Labute approximate surface area is 110 Å². The summed E-state index contributed by atoms with van der Waals surface area (Å²) in [5.74, 6) is 0.715. The molecule has 1 fully saturated rings. The van der Waals surface area contributed by atoms with Gasteiger partial charge in [-0.15, -0.1) is 11.3 Å². The Morgan fingerprint density at radius 2 is 1.82 bits per heavy atom. The van der Waals surface area contributed by atoms with Gasteiger partial charge in [-0.2, -0.15) is 0 Å². The van der Waals surface area contributed by atoms with Crippen molar-refractivity contribution in [2.45, 2.75) is 18.9 Å². The monoisotopic (exact) mass is 263 g/mol. The molecule has 1 aliphatic rings. The first kappa shape index (κ1) is 11.3. The first-order valence-electron chi connectivity index (χ1n) is 5.85. The van der Waals surface area contributed by atoms with Crippen molar-refractivity contribution in [3.63, 3.8) is 0 Å². The molecule has 1 aromatic carbocycles. The zero-order chi connectivity index (χ0) is 11.8. The Hall–Kier alpha value is -0.830. The lowest BCUT2D eigenvalue weighted by atomic mass is 10.1. The predicted octanol–water partition coefficient (Wildman–Crippen LogP) is 4.48. The molecule has 1 aromatic heterocycles. The fourth-order valence-electron chi connectivity index (χ4n) is 1.99. The molecule has 0 bridgehead atoms. The minimum atomic E-state index is 0.237. The number of halogens is 1. The SMILES string of the molecule is NC(c1ccc(-c2ccc(Cl)cc2)s1)C1CC1. The van der Waals surface area contributed by atoms with Crippen molar-refractivity contribution in [1.82, 2.24) is 0 Å². The van der Waals surface area contributed by atoms with E-state index in [4.69, 9.17) is 17.3 Å². The molecule has 0 aliphatic heterocycles. The van der Waals surface area contributed by atoms with E-state index >= 15 is 0 Å². The number of benzene rings is 1. The van der Waals surface area contributed by atoms with Gasteiger partial charge in [0.05, 0.1) is 0 Å². The number of hydrogen-bond donors (Lipinski definition) is 1. The van der Waals surface area contributed by atoms with E-state index in [2.05, 4.69) is 24.3 Å². The third kappa shape index (κ3) is 2.39. The van der Waals surface area contributed by atoms with Crippen LogP contribution in [0.3, 0.4) is 0 Å². The van der Waals surface area contributed by atoms with Crippen LogP contribution in [0.5, 0.6) is 0 Å². The highest BCUT2D eigenvalue weighted by Crippen LogP contribution is 2.42. The number of thiophene rings is 1. The van der Waals surface area contributed by atoms with Gasteiger partial charge in [0.2, 0.25) is 0 Å². The van der Waals surface area contributed by atoms with Gasteiger partial charge in [-0.1, -0.05) is 23.7 Å². The van der Waals surface area contributed by atoms with E-state index in [0.717, 1.165) is 5.02 Å². The van der Waals surface area contributed by atoms with Gasteiger partial charge in [0, 0.05) is 20.8 Å². The maximum atomic E-state index is 6.21. The molecule has 0 spiro atoms. The maximum Gasteiger partial charge on any atom is 0.0418 e. The smallest absolute Gasteiger partial charge is 0.0418 e. The van der Waals surface area contributed by atoms with Crippen molar-refractivity contribution < 1.29 is 0 Å². The predicted molar refractivity (Wildman–Crippen MR) is 74.4 cm³/mol. The average Bonchev–Trinajstić information content (AvgIpc) is 3.07. The van der Waals surface area contributed by atoms with Crippen molar-refractivity contribution in [1.29, 1.82) is 0 Å². The van der Waals surface area contributed by atoms with E-state index in [9.17, 15) is 0 Å². The first-order valence-corrected chi connectivity index (χ1v) is 7.05. The maximum absolute atomic E-state index is 6.21. The normalized spacial score (nSPS) is 17.1. The van der Waals surface area contributed by atoms with Crippen molar-refractivity contribution in [3.05, 3.63) is 46.3 Å². The summed E-state index contributed by atoms with van der Waals surface area (Å²) in [6.07, 6.45) is 2.57. The molecule has 1 saturated carbocycles. The highest BCUT2D eigenvalue weighted by Gasteiger charge is 2.30. The van der Waals surface area contributed by atoms with Crippen molar-refractivity contribution >= 4 is 22.9 Å². The van der Waals surface area contributed by atoms with Crippen LogP contribution in [0.4, 0.5) is 0 Å². The van der Waals surface area contributed by atoms with E-state index in [1.54, 1.807) is 11.3 Å². The zero-order valence-electron chi connectivity index (χ0n) is 9.40. The second-order valence-corrected chi connectivity index (χ2v) is 6.12. The molecule has 0 saturated heterocycles. The van der Waals surface area contributed by atoms with Crippen LogP contribution in [-0.4, -0.2) is 0 Å². The largest absolute Gasteiger partial charge is 0.323 e. The van der Waals surface area contributed by atoms with Gasteiger partial charge in [-0.3, -0.25) is 0 Å². The van der Waals surface area contributed by atoms with E-state index in [1.165, 1.54) is 28.2 Å². The fraction of sp³-hybridized carbons (Fsp3) is 0.286. The molecule has 1 aliphatic carbocycles. The first-order chi connectivity index (χ1) is 8.24. The van der Waals surface area contributed by atoms with Crippen LogP contribution < -0.4 is 5.73 Å². The Morgan fingerprint density at radius 1 is 1.12 bits per heavy atom. The zero-order valence-corrected chi connectivity index (χ0v) is 11.0. The minimum Gasteiger partial charge on any atom is -0.323 e. The van der Waals surface area contributed by atoms with Gasteiger partial charge in [0.15, 0.2) is 0 Å². The summed E-state index contributed by atoms with van der Waals surface area (Å²) in [5.41, 5.74) is 7.42. The van der Waals surface area contributed by atoms with Crippen LogP contribution >= 0.6 is 22.9 Å². The Balaban J connectivity index is 1.86. The summed E-state index contributed by atoms with van der Waals surface area (Å²) in [7, 11) is 0. The van der Waals surface area contributed by atoms with Crippen molar-refractivity contribution in [2.75, 3.05) is 0 Å². The Kier molecular flexibility index (Phi) is 2.95. The second-order valence-electron chi connectivity index (χ2n) is 4.57. The van der Waals surface area contributed by atoms with Gasteiger partial charge >= 0.3 is 0 Å². The van der Waals surface area contributed by atoms with E-state index < -0.39 is 0 Å². The molecular formula is C14H14ClNS. The third-order valence-corrected chi connectivity index (χ3v) is 4.70. The highest BCUT2D eigenvalue weighted by molar-refractivity contribution is 7.15. The van der Waals surface area contributed by atoms with Crippen LogP contribution in [0.2, 0.25) is 5.02 Å². The molecule has 2 aromatic rings. The molecule has 1 nitrogen and oxygen atoms in total. The Bertz CT molecular complexity index is 513. The highest BCUT2D eigenvalue weighted by atomic mass is 35.5. The molecule has 1 unspecified atom stereocenters. The molecular weight excluding hydrogens is 250 g/mol. The van der Waals surface area contributed by atoms with Gasteiger partial charge in [0.1, 0.15) is 0 Å². The molecule has 88 valence electrons.